The van der Waals surface area contributed by atoms with Gasteiger partial charge in [-0.3, -0.25) is 9.69 Å². The maximum absolute atomic E-state index is 12.7. The molecule has 1 amide bonds. The molecule has 2 unspecified atom stereocenters. The number of likely N-dealkylation sites (tertiary alicyclic amines) is 1. The van der Waals surface area contributed by atoms with E-state index in [-0.39, 0.29) is 11.9 Å². The Labute approximate surface area is 127 Å². The van der Waals surface area contributed by atoms with Crippen LogP contribution in [0.15, 0.2) is 24.3 Å². The highest BCUT2D eigenvalue weighted by Crippen LogP contribution is 2.32. The van der Waals surface area contributed by atoms with Crippen LogP contribution >= 0.6 is 0 Å². The Morgan fingerprint density at radius 1 is 1.38 bits per heavy atom. The van der Waals surface area contributed by atoms with Crippen LogP contribution < -0.4 is 10.2 Å². The van der Waals surface area contributed by atoms with Gasteiger partial charge >= 0.3 is 0 Å². The number of carbonyl (C=O) groups excluding carboxylic acids is 1. The van der Waals surface area contributed by atoms with Crippen LogP contribution in [-0.2, 0) is 11.2 Å². The van der Waals surface area contributed by atoms with Crippen molar-refractivity contribution < 1.29 is 4.79 Å². The molecule has 4 heteroatoms. The minimum Gasteiger partial charge on any atom is -0.319 e. The Kier molecular flexibility index (Phi) is 4.27. The predicted molar refractivity (Wildman–Crippen MR) is 85.6 cm³/mol. The molecule has 1 fully saturated rings. The lowest BCUT2D eigenvalue weighted by Gasteiger charge is -2.25. The van der Waals surface area contributed by atoms with Crippen molar-refractivity contribution in [2.45, 2.75) is 25.8 Å². The summed E-state index contributed by atoms with van der Waals surface area (Å²) >= 11 is 0. The van der Waals surface area contributed by atoms with Crippen molar-refractivity contribution >= 4 is 11.6 Å². The normalized spacial score (nSPS) is 25.3. The molecule has 114 valence electrons. The first-order chi connectivity index (χ1) is 10.2. The molecule has 0 bridgehead atoms. The molecule has 0 spiro atoms. The number of hydrogen-bond acceptors (Lipinski definition) is 3. The molecule has 1 saturated heterocycles. The fourth-order valence-electron chi connectivity index (χ4n) is 3.72. The Bertz CT molecular complexity index is 517. The van der Waals surface area contributed by atoms with E-state index in [4.69, 9.17) is 0 Å². The van der Waals surface area contributed by atoms with Gasteiger partial charge in [0.2, 0.25) is 5.91 Å². The Hall–Kier alpha value is -1.39. The van der Waals surface area contributed by atoms with Gasteiger partial charge < -0.3 is 10.2 Å². The van der Waals surface area contributed by atoms with Gasteiger partial charge in [0.05, 0.1) is 6.54 Å². The number of nitrogens with one attached hydrogen (secondary N) is 1. The lowest BCUT2D eigenvalue weighted by Crippen LogP contribution is -2.42. The van der Waals surface area contributed by atoms with Crippen LogP contribution in [0.4, 0.5) is 5.69 Å². The first-order valence-corrected chi connectivity index (χ1v) is 7.96. The van der Waals surface area contributed by atoms with E-state index < -0.39 is 0 Å². The topological polar surface area (TPSA) is 35.6 Å². The highest BCUT2D eigenvalue weighted by molar-refractivity contribution is 5.97. The van der Waals surface area contributed by atoms with Crippen LogP contribution in [-0.4, -0.2) is 50.1 Å². The average molecular weight is 287 g/mol. The molecule has 0 aliphatic carbocycles. The second-order valence-corrected chi connectivity index (χ2v) is 6.39. The summed E-state index contributed by atoms with van der Waals surface area (Å²) in [5.74, 6) is 0.934. The molecule has 1 N–H and O–H groups in total. The maximum atomic E-state index is 12.7. The molecule has 0 radical (unpaired) electrons. The Morgan fingerprint density at radius 3 is 3.00 bits per heavy atom. The number of para-hydroxylation sites is 1. The number of benzene rings is 1. The fraction of sp³-hybridized carbons (Fsp3) is 0.588. The lowest BCUT2D eigenvalue weighted by atomic mass is 10.1. The Morgan fingerprint density at radius 2 is 2.19 bits per heavy atom. The number of fused-ring (bicyclic) bond motifs is 1. The van der Waals surface area contributed by atoms with Crippen molar-refractivity contribution in [3.05, 3.63) is 29.8 Å². The number of nitrogens with zero attached hydrogens (tertiary/aromatic N) is 2. The summed E-state index contributed by atoms with van der Waals surface area (Å²) in [5.41, 5.74) is 2.41. The van der Waals surface area contributed by atoms with E-state index in [0.29, 0.717) is 12.5 Å². The molecule has 0 aromatic heterocycles. The minimum atomic E-state index is 0.248. The molecule has 3 rings (SSSR count). The molecule has 4 nitrogen and oxygen atoms in total. The zero-order chi connectivity index (χ0) is 14.8. The van der Waals surface area contributed by atoms with Crippen LogP contribution in [0.3, 0.4) is 0 Å². The van der Waals surface area contributed by atoms with E-state index in [9.17, 15) is 4.79 Å². The van der Waals surface area contributed by atoms with E-state index in [1.54, 1.807) is 0 Å². The van der Waals surface area contributed by atoms with Crippen LogP contribution in [0.2, 0.25) is 0 Å². The summed E-state index contributed by atoms with van der Waals surface area (Å²) in [4.78, 5) is 17.0. The molecule has 2 heterocycles. The third kappa shape index (κ3) is 2.97. The zero-order valence-corrected chi connectivity index (χ0v) is 13.0. The molecule has 2 aliphatic rings. The summed E-state index contributed by atoms with van der Waals surface area (Å²) < 4.78 is 0. The number of rotatable bonds is 4. The van der Waals surface area contributed by atoms with E-state index in [2.05, 4.69) is 35.3 Å². The van der Waals surface area contributed by atoms with Crippen LogP contribution in [0.25, 0.3) is 0 Å². The highest BCUT2D eigenvalue weighted by atomic mass is 16.2. The number of carbonyl (C=O) groups is 1. The second kappa shape index (κ2) is 6.16. The van der Waals surface area contributed by atoms with Crippen molar-refractivity contribution in [3.63, 3.8) is 0 Å². The predicted octanol–water partition coefficient (Wildman–Crippen LogP) is 1.51. The lowest BCUT2D eigenvalue weighted by molar-refractivity contribution is -0.119. The number of amides is 1. The van der Waals surface area contributed by atoms with Gasteiger partial charge in [0, 0.05) is 18.3 Å². The van der Waals surface area contributed by atoms with Crippen molar-refractivity contribution in [3.8, 4) is 0 Å². The number of hydrogen-bond donors (Lipinski definition) is 1. The van der Waals surface area contributed by atoms with Crippen molar-refractivity contribution in [1.29, 1.82) is 0 Å². The highest BCUT2D eigenvalue weighted by Gasteiger charge is 2.32. The third-order valence-electron chi connectivity index (χ3n) is 4.70. The molecule has 0 saturated carbocycles. The van der Waals surface area contributed by atoms with Crippen molar-refractivity contribution in [2.75, 3.05) is 38.1 Å². The van der Waals surface area contributed by atoms with Gasteiger partial charge in [0.1, 0.15) is 0 Å². The van der Waals surface area contributed by atoms with Gasteiger partial charge in [-0.25, -0.2) is 0 Å². The molecule has 1 aromatic rings. The standard InChI is InChI=1S/C17H25N3O/c1-13-9-15-5-3-4-6-16(15)20(13)17(21)12-19-8-7-14(11-19)10-18-2/h3-6,13-14,18H,7-12H2,1-2H3. The van der Waals surface area contributed by atoms with E-state index >= 15 is 0 Å². The summed E-state index contributed by atoms with van der Waals surface area (Å²) in [6.45, 7) is 5.83. The largest absolute Gasteiger partial charge is 0.319 e. The van der Waals surface area contributed by atoms with Gasteiger partial charge in [-0.1, -0.05) is 18.2 Å². The average Bonchev–Trinajstić information content (AvgIpc) is 3.02. The molecular weight excluding hydrogens is 262 g/mol. The van der Waals surface area contributed by atoms with Gasteiger partial charge in [0.25, 0.3) is 0 Å². The summed E-state index contributed by atoms with van der Waals surface area (Å²) in [5, 5.41) is 3.24. The maximum Gasteiger partial charge on any atom is 0.241 e. The summed E-state index contributed by atoms with van der Waals surface area (Å²) in [6, 6.07) is 8.58. The summed E-state index contributed by atoms with van der Waals surface area (Å²) in [6.07, 6.45) is 2.17. The van der Waals surface area contributed by atoms with Crippen molar-refractivity contribution in [1.82, 2.24) is 10.2 Å². The molecule has 2 aliphatic heterocycles. The SMILES string of the molecule is CNCC1CCN(CC(=O)N2c3ccccc3CC2C)C1. The van der Waals surface area contributed by atoms with Gasteiger partial charge in [0.15, 0.2) is 0 Å². The smallest absolute Gasteiger partial charge is 0.241 e. The van der Waals surface area contributed by atoms with Gasteiger partial charge in [-0.2, -0.15) is 0 Å². The van der Waals surface area contributed by atoms with Gasteiger partial charge in [-0.15, -0.1) is 0 Å². The molecular formula is C17H25N3O. The zero-order valence-electron chi connectivity index (χ0n) is 13.0. The van der Waals surface area contributed by atoms with E-state index in [1.807, 2.05) is 18.0 Å². The molecule has 21 heavy (non-hydrogen) atoms. The third-order valence-corrected chi connectivity index (χ3v) is 4.70. The van der Waals surface area contributed by atoms with Crippen molar-refractivity contribution in [2.24, 2.45) is 5.92 Å². The summed E-state index contributed by atoms with van der Waals surface area (Å²) in [7, 11) is 2.00. The van der Waals surface area contributed by atoms with Gasteiger partial charge in [-0.05, 0) is 57.5 Å². The monoisotopic (exact) mass is 287 g/mol. The van der Waals surface area contributed by atoms with Crippen LogP contribution in [0, 0.1) is 5.92 Å². The minimum absolute atomic E-state index is 0.248. The molecule has 2 atom stereocenters. The quantitative estimate of drug-likeness (QED) is 0.912. The van der Waals surface area contributed by atoms with Crippen LogP contribution in [0.1, 0.15) is 18.9 Å². The first-order valence-electron chi connectivity index (χ1n) is 7.96. The Balaban J connectivity index is 1.64. The van der Waals surface area contributed by atoms with E-state index in [0.717, 1.165) is 31.7 Å². The second-order valence-electron chi connectivity index (χ2n) is 6.39. The number of anilines is 1. The van der Waals surface area contributed by atoms with Crippen LogP contribution in [0.5, 0.6) is 0 Å². The van der Waals surface area contributed by atoms with E-state index in [1.165, 1.54) is 12.0 Å². The first kappa shape index (κ1) is 14.5. The fourth-order valence-corrected chi connectivity index (χ4v) is 3.72. The molecule has 1 aromatic carbocycles.